The lowest BCUT2D eigenvalue weighted by molar-refractivity contribution is 0.250. The van der Waals surface area contributed by atoms with Crippen molar-refractivity contribution in [1.82, 2.24) is 4.90 Å². The van der Waals surface area contributed by atoms with E-state index in [-0.39, 0.29) is 12.4 Å². The van der Waals surface area contributed by atoms with E-state index >= 15 is 0 Å². The molecular formula is C16H24ClN. The van der Waals surface area contributed by atoms with Crippen LogP contribution in [0.1, 0.15) is 41.9 Å². The van der Waals surface area contributed by atoms with Gasteiger partial charge in [-0.15, -0.1) is 12.4 Å². The topological polar surface area (TPSA) is 3.24 Å². The van der Waals surface area contributed by atoms with Gasteiger partial charge in [0.15, 0.2) is 0 Å². The zero-order chi connectivity index (χ0) is 11.8. The summed E-state index contributed by atoms with van der Waals surface area (Å²) in [6, 6.07) is 6.99. The second-order valence-electron chi connectivity index (χ2n) is 6.05. The summed E-state index contributed by atoms with van der Waals surface area (Å²) in [6.45, 7) is 1.26. The Kier molecular flexibility index (Phi) is 4.34. The summed E-state index contributed by atoms with van der Waals surface area (Å²) in [7, 11) is 4.43. The van der Waals surface area contributed by atoms with E-state index in [0.717, 1.165) is 11.8 Å². The largest absolute Gasteiger partial charge is 0.309 e. The van der Waals surface area contributed by atoms with E-state index in [0.29, 0.717) is 0 Å². The quantitative estimate of drug-likeness (QED) is 0.789. The highest BCUT2D eigenvalue weighted by molar-refractivity contribution is 5.85. The average molecular weight is 266 g/mol. The Balaban J connectivity index is 0.00000120. The lowest BCUT2D eigenvalue weighted by atomic mass is 9.68. The molecule has 2 unspecified atom stereocenters. The van der Waals surface area contributed by atoms with E-state index in [1.165, 1.54) is 38.6 Å². The summed E-state index contributed by atoms with van der Waals surface area (Å²) < 4.78 is 0. The molecule has 0 heterocycles. The van der Waals surface area contributed by atoms with Gasteiger partial charge in [0.25, 0.3) is 0 Å². The van der Waals surface area contributed by atoms with Gasteiger partial charge in [0.05, 0.1) is 0 Å². The Morgan fingerprint density at radius 3 is 2.56 bits per heavy atom. The number of rotatable bonds is 2. The van der Waals surface area contributed by atoms with Gasteiger partial charge in [-0.05, 0) is 74.7 Å². The van der Waals surface area contributed by atoms with Crippen molar-refractivity contribution < 1.29 is 0 Å². The Hall–Kier alpha value is -0.530. The van der Waals surface area contributed by atoms with Crippen LogP contribution < -0.4 is 0 Å². The van der Waals surface area contributed by atoms with Crippen LogP contribution in [0.2, 0.25) is 0 Å². The number of halogens is 1. The van der Waals surface area contributed by atoms with Gasteiger partial charge in [-0.1, -0.05) is 18.2 Å². The molecule has 0 saturated carbocycles. The van der Waals surface area contributed by atoms with Gasteiger partial charge in [0.2, 0.25) is 0 Å². The van der Waals surface area contributed by atoms with Crippen molar-refractivity contribution in [3.63, 3.8) is 0 Å². The molecule has 0 aliphatic heterocycles. The molecule has 1 nitrogen and oxygen atoms in total. The number of aryl methyl sites for hydroxylation is 2. The molecule has 3 rings (SSSR count). The van der Waals surface area contributed by atoms with E-state index in [4.69, 9.17) is 0 Å². The van der Waals surface area contributed by atoms with Crippen LogP contribution in [0.25, 0.3) is 0 Å². The highest BCUT2D eigenvalue weighted by Crippen LogP contribution is 2.44. The maximum absolute atomic E-state index is 2.37. The summed E-state index contributed by atoms with van der Waals surface area (Å²) in [6.07, 6.45) is 6.82. The van der Waals surface area contributed by atoms with Crippen LogP contribution in [-0.2, 0) is 12.8 Å². The summed E-state index contributed by atoms with van der Waals surface area (Å²) in [4.78, 5) is 2.37. The van der Waals surface area contributed by atoms with Crippen molar-refractivity contribution in [2.24, 2.45) is 5.92 Å². The minimum Gasteiger partial charge on any atom is -0.309 e. The zero-order valence-corrected chi connectivity index (χ0v) is 12.3. The van der Waals surface area contributed by atoms with Crippen LogP contribution >= 0.6 is 12.4 Å². The molecule has 0 radical (unpaired) electrons. The first-order valence-corrected chi connectivity index (χ1v) is 7.01. The van der Waals surface area contributed by atoms with Crippen LogP contribution in [-0.4, -0.2) is 25.5 Å². The Morgan fingerprint density at radius 2 is 1.83 bits per heavy atom. The number of benzene rings is 1. The molecule has 2 aliphatic rings. The maximum Gasteiger partial charge on any atom is 0.000952 e. The first kappa shape index (κ1) is 13.9. The van der Waals surface area contributed by atoms with Crippen LogP contribution in [0.15, 0.2) is 18.2 Å². The summed E-state index contributed by atoms with van der Waals surface area (Å²) in [5.74, 6) is 1.74. The molecule has 100 valence electrons. The maximum atomic E-state index is 2.37. The summed E-state index contributed by atoms with van der Waals surface area (Å²) in [5.41, 5.74) is 5.06. The third-order valence-electron chi connectivity index (χ3n) is 4.57. The fraction of sp³-hybridized carbons (Fsp3) is 0.625. The first-order chi connectivity index (χ1) is 8.25. The molecule has 0 aromatic heterocycles. The van der Waals surface area contributed by atoms with Gasteiger partial charge >= 0.3 is 0 Å². The zero-order valence-electron chi connectivity index (χ0n) is 11.5. The summed E-state index contributed by atoms with van der Waals surface area (Å²) in [5, 5.41) is 0. The van der Waals surface area contributed by atoms with Gasteiger partial charge in [-0.3, -0.25) is 0 Å². The van der Waals surface area contributed by atoms with Crippen molar-refractivity contribution in [2.75, 3.05) is 20.6 Å². The molecule has 0 amide bonds. The monoisotopic (exact) mass is 265 g/mol. The number of hydrogen-bond donors (Lipinski definition) is 0. The number of hydrogen-bond acceptors (Lipinski definition) is 1. The predicted octanol–water partition coefficient (Wildman–Crippen LogP) is 3.65. The van der Waals surface area contributed by atoms with Crippen LogP contribution in [0.5, 0.6) is 0 Å². The molecule has 1 aromatic rings. The van der Waals surface area contributed by atoms with E-state index in [2.05, 4.69) is 37.2 Å². The minimum absolute atomic E-state index is 0. The molecule has 0 fully saturated rings. The SMILES string of the molecule is CN(C)CC1CCc2cccc3c2C1CCC3.Cl. The van der Waals surface area contributed by atoms with Crippen molar-refractivity contribution in [3.8, 4) is 0 Å². The molecule has 18 heavy (non-hydrogen) atoms. The molecular weight excluding hydrogens is 242 g/mol. The number of nitrogens with zero attached hydrogens (tertiary/aromatic N) is 1. The minimum atomic E-state index is 0. The highest BCUT2D eigenvalue weighted by Gasteiger charge is 2.33. The molecule has 0 saturated heterocycles. The van der Waals surface area contributed by atoms with E-state index in [9.17, 15) is 0 Å². The fourth-order valence-electron chi connectivity index (χ4n) is 3.94. The lowest BCUT2D eigenvalue weighted by Crippen LogP contribution is -2.32. The van der Waals surface area contributed by atoms with Crippen molar-refractivity contribution in [1.29, 1.82) is 0 Å². The van der Waals surface area contributed by atoms with E-state index < -0.39 is 0 Å². The van der Waals surface area contributed by atoms with Crippen molar-refractivity contribution in [3.05, 3.63) is 34.9 Å². The van der Waals surface area contributed by atoms with E-state index in [1.807, 2.05) is 0 Å². The smallest absolute Gasteiger partial charge is 0.000952 e. The van der Waals surface area contributed by atoms with Crippen molar-refractivity contribution >= 4 is 12.4 Å². The Bertz CT molecular complexity index is 399. The first-order valence-electron chi connectivity index (χ1n) is 7.01. The normalized spacial score (nSPS) is 25.5. The standard InChI is InChI=1S/C16H23N.ClH/c1-17(2)11-14-10-9-13-6-3-5-12-7-4-8-15(14)16(12)13;/h3,5-6,14-15H,4,7-11H2,1-2H3;1H. The molecule has 0 N–H and O–H groups in total. The van der Waals surface area contributed by atoms with E-state index in [1.54, 1.807) is 16.7 Å². The molecule has 2 heteroatoms. The Labute approximate surface area is 117 Å². The van der Waals surface area contributed by atoms with Gasteiger partial charge in [0.1, 0.15) is 0 Å². The predicted molar refractivity (Wildman–Crippen MR) is 79.7 cm³/mol. The van der Waals surface area contributed by atoms with Gasteiger partial charge in [-0.25, -0.2) is 0 Å². The lowest BCUT2D eigenvalue weighted by Gasteiger charge is -2.39. The second kappa shape index (κ2) is 5.63. The van der Waals surface area contributed by atoms with Gasteiger partial charge in [0, 0.05) is 6.54 Å². The molecule has 0 spiro atoms. The van der Waals surface area contributed by atoms with Gasteiger partial charge in [-0.2, -0.15) is 0 Å². The fourth-order valence-corrected chi connectivity index (χ4v) is 3.94. The van der Waals surface area contributed by atoms with Gasteiger partial charge < -0.3 is 4.90 Å². The van der Waals surface area contributed by atoms with Crippen molar-refractivity contribution in [2.45, 2.75) is 38.0 Å². The molecule has 2 atom stereocenters. The molecule has 1 aromatic carbocycles. The molecule has 2 aliphatic carbocycles. The van der Waals surface area contributed by atoms with Crippen LogP contribution in [0.3, 0.4) is 0 Å². The molecule has 0 bridgehead atoms. The van der Waals surface area contributed by atoms with Crippen LogP contribution in [0.4, 0.5) is 0 Å². The second-order valence-corrected chi connectivity index (χ2v) is 6.05. The Morgan fingerprint density at radius 1 is 1.11 bits per heavy atom. The van der Waals surface area contributed by atoms with Crippen LogP contribution in [0, 0.1) is 5.92 Å². The third-order valence-corrected chi connectivity index (χ3v) is 4.57. The summed E-state index contributed by atoms with van der Waals surface area (Å²) >= 11 is 0. The highest BCUT2D eigenvalue weighted by atomic mass is 35.5. The third kappa shape index (κ3) is 2.44. The average Bonchev–Trinajstić information content (AvgIpc) is 2.33.